The molecule has 5 N–H and O–H groups in total. The van der Waals surface area contributed by atoms with Crippen LogP contribution in [0.5, 0.6) is 0 Å². The molecule has 0 radical (unpaired) electrons. The third-order valence-electron chi connectivity index (χ3n) is 13.2. The number of amides is 1. The normalized spacial score (nSPS) is 19.9. The topological polar surface area (TPSA) is 147 Å². The zero-order chi connectivity index (χ0) is 44.3. The number of thiophene rings is 2. The van der Waals surface area contributed by atoms with Crippen molar-refractivity contribution >= 4 is 34.6 Å². The van der Waals surface area contributed by atoms with Crippen LogP contribution in [0.15, 0.2) is 32.5 Å². The van der Waals surface area contributed by atoms with Crippen molar-refractivity contribution in [1.82, 2.24) is 15.3 Å². The molecule has 2 aliphatic rings. The fraction of sp³-hybridized carbons (Fsp3) is 0.592. The van der Waals surface area contributed by atoms with Crippen LogP contribution in [0.4, 0.5) is 0 Å². The zero-order valence-corrected chi connectivity index (χ0v) is 39.8. The summed E-state index contributed by atoms with van der Waals surface area (Å²) in [4.78, 5) is 56.3. The number of aromatic amines is 2. The lowest BCUT2D eigenvalue weighted by Crippen LogP contribution is -2.28. The Kier molecular flexibility index (Phi) is 18.6. The van der Waals surface area contributed by atoms with Gasteiger partial charge in [-0.15, -0.1) is 22.7 Å². The van der Waals surface area contributed by atoms with Gasteiger partial charge in [-0.2, -0.15) is 0 Å². The van der Waals surface area contributed by atoms with Gasteiger partial charge in [-0.05, 0) is 150 Å². The molecular formula is C49H72N4O5S2. The lowest BCUT2D eigenvalue weighted by molar-refractivity contribution is 0.0600. The highest BCUT2D eigenvalue weighted by Crippen LogP contribution is 2.45. The molecule has 0 aliphatic heterocycles. The number of nitrogens with one attached hydrogen (secondary N) is 3. The van der Waals surface area contributed by atoms with Gasteiger partial charge in [0.15, 0.2) is 0 Å². The van der Waals surface area contributed by atoms with E-state index in [0.717, 1.165) is 74.9 Å². The first-order chi connectivity index (χ1) is 28.5. The number of aromatic nitrogens is 2. The number of ether oxygens (including phenoxy) is 1. The van der Waals surface area contributed by atoms with E-state index in [1.54, 1.807) is 22.7 Å². The molecule has 4 aromatic heterocycles. The van der Waals surface area contributed by atoms with Crippen LogP contribution in [0.25, 0.3) is 0 Å². The molecule has 0 aromatic carbocycles. The van der Waals surface area contributed by atoms with Crippen LogP contribution in [0.1, 0.15) is 179 Å². The molecule has 2 unspecified atom stereocenters. The molecule has 2 saturated carbocycles. The van der Waals surface area contributed by atoms with Crippen molar-refractivity contribution in [3.05, 3.63) is 109 Å². The average molecular weight is 861 g/mol. The van der Waals surface area contributed by atoms with Crippen LogP contribution in [0.3, 0.4) is 0 Å². The number of nitrogens with two attached hydrogens (primary N) is 1. The van der Waals surface area contributed by atoms with Crippen molar-refractivity contribution in [2.75, 3.05) is 7.11 Å². The van der Waals surface area contributed by atoms with Crippen LogP contribution >= 0.6 is 22.7 Å². The monoisotopic (exact) mass is 860 g/mol. The van der Waals surface area contributed by atoms with Gasteiger partial charge in [0.2, 0.25) is 0 Å². The SMILES string of the molecule is CCC(c1scc(C(=O)NCc2c(C)cc(C)[nH]c2=O)c1C)C1CCC(C)CC1.CCC(c1scc(C(=O)OC)c1C)C1CCC(C)CC1.Cc1cc(C)c(CN)c(=O)[nH]1. The lowest BCUT2D eigenvalue weighted by Gasteiger charge is -2.32. The van der Waals surface area contributed by atoms with E-state index in [1.807, 2.05) is 50.6 Å². The van der Waals surface area contributed by atoms with Gasteiger partial charge in [0, 0.05) is 56.1 Å². The number of carbonyl (C=O) groups excluding carboxylic acids is 2. The van der Waals surface area contributed by atoms with E-state index in [2.05, 4.69) is 56.8 Å². The summed E-state index contributed by atoms with van der Waals surface area (Å²) in [5.41, 5.74) is 13.9. The summed E-state index contributed by atoms with van der Waals surface area (Å²) in [7, 11) is 1.46. The highest BCUT2D eigenvalue weighted by atomic mass is 32.1. The Morgan fingerprint density at radius 3 is 1.53 bits per heavy atom. The van der Waals surface area contributed by atoms with Crippen LogP contribution in [0, 0.1) is 65.2 Å². The second kappa shape index (κ2) is 22.9. The predicted octanol–water partition coefficient (Wildman–Crippen LogP) is 11.2. The number of esters is 1. The molecule has 330 valence electrons. The number of H-pyrrole nitrogens is 2. The van der Waals surface area contributed by atoms with Gasteiger partial charge in [-0.1, -0.05) is 53.4 Å². The minimum atomic E-state index is -0.197. The van der Waals surface area contributed by atoms with Gasteiger partial charge in [0.1, 0.15) is 0 Å². The second-order valence-corrected chi connectivity index (χ2v) is 19.4. The van der Waals surface area contributed by atoms with E-state index in [-0.39, 0.29) is 29.5 Å². The first kappa shape index (κ1) is 48.9. The van der Waals surface area contributed by atoms with Crippen LogP contribution in [-0.2, 0) is 17.8 Å². The quantitative estimate of drug-likeness (QED) is 0.110. The number of pyridine rings is 2. The van der Waals surface area contributed by atoms with Crippen molar-refractivity contribution < 1.29 is 14.3 Å². The molecule has 9 nitrogen and oxygen atoms in total. The molecule has 0 saturated heterocycles. The zero-order valence-electron chi connectivity index (χ0n) is 38.2. The van der Waals surface area contributed by atoms with E-state index >= 15 is 0 Å². The first-order valence-electron chi connectivity index (χ1n) is 22.2. The van der Waals surface area contributed by atoms with E-state index in [1.165, 1.54) is 74.7 Å². The Morgan fingerprint density at radius 1 is 0.717 bits per heavy atom. The maximum atomic E-state index is 12.9. The number of methoxy groups -OCH3 is 1. The Morgan fingerprint density at radius 2 is 1.13 bits per heavy atom. The van der Waals surface area contributed by atoms with Gasteiger partial charge < -0.3 is 25.8 Å². The largest absolute Gasteiger partial charge is 0.465 e. The summed E-state index contributed by atoms with van der Waals surface area (Å²) in [6.07, 6.45) is 12.9. The number of hydrogen-bond acceptors (Lipinski definition) is 8. The van der Waals surface area contributed by atoms with Crippen LogP contribution in [0.2, 0.25) is 0 Å². The molecule has 2 atom stereocenters. The fourth-order valence-corrected chi connectivity index (χ4v) is 12.2. The molecule has 4 aromatic rings. The minimum absolute atomic E-state index is 0.0648. The van der Waals surface area contributed by atoms with E-state index in [4.69, 9.17) is 10.5 Å². The van der Waals surface area contributed by atoms with E-state index in [9.17, 15) is 19.2 Å². The summed E-state index contributed by atoms with van der Waals surface area (Å²) in [6, 6.07) is 3.86. The van der Waals surface area contributed by atoms with Crippen molar-refractivity contribution in [2.24, 2.45) is 29.4 Å². The second-order valence-electron chi connectivity index (χ2n) is 17.6. The molecule has 60 heavy (non-hydrogen) atoms. The average Bonchev–Trinajstić information content (AvgIpc) is 3.78. The summed E-state index contributed by atoms with van der Waals surface area (Å²) < 4.78 is 4.87. The van der Waals surface area contributed by atoms with Gasteiger partial charge in [0.05, 0.1) is 18.2 Å². The number of hydrogen-bond donors (Lipinski definition) is 4. The van der Waals surface area contributed by atoms with Gasteiger partial charge in [0.25, 0.3) is 17.0 Å². The Labute approximate surface area is 366 Å². The third kappa shape index (κ3) is 12.4. The molecule has 1 amide bonds. The molecule has 0 spiro atoms. The van der Waals surface area contributed by atoms with Gasteiger partial charge in [-0.25, -0.2) is 4.79 Å². The maximum Gasteiger partial charge on any atom is 0.338 e. The van der Waals surface area contributed by atoms with Crippen molar-refractivity contribution in [3.63, 3.8) is 0 Å². The highest BCUT2D eigenvalue weighted by Gasteiger charge is 2.31. The third-order valence-corrected chi connectivity index (χ3v) is 15.7. The summed E-state index contributed by atoms with van der Waals surface area (Å²) in [5.74, 6) is 4.15. The Hall–Kier alpha value is -3.80. The molecular weight excluding hydrogens is 789 g/mol. The fourth-order valence-electron chi connectivity index (χ4n) is 9.47. The molecule has 2 fully saturated rings. The predicted molar refractivity (Wildman–Crippen MR) is 250 cm³/mol. The summed E-state index contributed by atoms with van der Waals surface area (Å²) in [6.45, 7) is 21.5. The van der Waals surface area contributed by atoms with Gasteiger partial charge >= 0.3 is 5.97 Å². The molecule has 0 bridgehead atoms. The summed E-state index contributed by atoms with van der Waals surface area (Å²) >= 11 is 3.48. The Balaban J connectivity index is 0.000000220. The van der Waals surface area contributed by atoms with Gasteiger partial charge in [-0.3, -0.25) is 14.4 Å². The molecule has 2 aliphatic carbocycles. The highest BCUT2D eigenvalue weighted by molar-refractivity contribution is 7.10. The van der Waals surface area contributed by atoms with Crippen LogP contribution in [-0.4, -0.2) is 29.0 Å². The lowest BCUT2D eigenvalue weighted by atomic mass is 9.74. The number of aryl methyl sites for hydroxylation is 4. The van der Waals surface area contributed by atoms with E-state index < -0.39 is 0 Å². The first-order valence-corrected chi connectivity index (χ1v) is 23.9. The molecule has 4 heterocycles. The standard InChI is InChI=1S/C24H34N2O2S.C17H26O2S.C8H12N2O/c1-6-19(18-9-7-14(2)8-10-18)22-17(5)21(13-29-22)23(27)25-12-20-15(3)11-16(4)26-24(20)28;1-5-14(13-8-6-11(2)7-9-13)16-12(3)15(10-20-16)17(18)19-4;1-5-3-6(2)10-8(11)7(5)4-9/h11,13-14,18-19H,6-10,12H2,1-5H3,(H,25,27)(H,26,28);10-11,13-14H,5-9H2,1-4H3;3H,4,9H2,1-2H3,(H,10,11). The maximum absolute atomic E-state index is 12.9. The van der Waals surface area contributed by atoms with E-state index in [0.29, 0.717) is 29.5 Å². The van der Waals surface area contributed by atoms with Crippen LogP contribution < -0.4 is 22.2 Å². The summed E-state index contributed by atoms with van der Waals surface area (Å²) in [5, 5.41) is 6.94. The van der Waals surface area contributed by atoms with Crippen molar-refractivity contribution in [1.29, 1.82) is 0 Å². The molecule has 11 heteroatoms. The minimum Gasteiger partial charge on any atom is -0.465 e. The molecule has 6 rings (SSSR count). The Bertz CT molecular complexity index is 2150. The number of carbonyl (C=O) groups is 2. The number of rotatable bonds is 11. The van der Waals surface area contributed by atoms with Crippen molar-refractivity contribution in [2.45, 2.75) is 158 Å². The smallest absolute Gasteiger partial charge is 0.338 e. The van der Waals surface area contributed by atoms with Crippen molar-refractivity contribution in [3.8, 4) is 0 Å².